The van der Waals surface area contributed by atoms with Gasteiger partial charge in [-0.1, -0.05) is 227 Å². The predicted octanol–water partition coefficient (Wildman–Crippen LogP) is 16.0. The van der Waals surface area contributed by atoms with E-state index in [0.29, 0.717) is 32.1 Å². The molecule has 3 N–H and O–H groups in total. The standard InChI is InChI=1S/C71H100O12/c1-4-7-10-13-16-19-22-25-28-30-32-34-37-39-42-45-48-51-54-57-63(72)79-60-62(81-64(73)58-55-52-49-46-43-40-36-27-24-21-18-15-12-9-6-3)61-80-71-69(67(76)66(75)68(83-71)70(77)78)82-65(74)59-56-53-50-47-44-41-38-35-33-31-29-26-23-20-17-14-11-8-5-2/h7-12,16-21,25-29,32-36,39,41-44,46,48,50-53,55,62,66-69,71,75-76H,4-6,13-15,22-24,30-31,37-38,40,45,47,49,54,56-61H2,1-3H3,(H,77,78)/b10-7-,11-8-,12-9-,19-16-,20-17-,21-18-,28-25-,29-26-,34-32-,35-33-,36-27-,42-39-,44-41-,46-43-,51-48-,53-50-,55-52-. The van der Waals surface area contributed by atoms with Crippen molar-refractivity contribution in [2.75, 3.05) is 13.2 Å². The molecule has 0 saturated carbocycles. The Kier molecular flexibility index (Phi) is 50.0. The van der Waals surface area contributed by atoms with E-state index in [-0.39, 0.29) is 19.3 Å². The highest BCUT2D eigenvalue weighted by molar-refractivity contribution is 5.74. The van der Waals surface area contributed by atoms with Crippen LogP contribution >= 0.6 is 0 Å². The van der Waals surface area contributed by atoms with Gasteiger partial charge in [0.2, 0.25) is 0 Å². The van der Waals surface area contributed by atoms with Gasteiger partial charge >= 0.3 is 23.9 Å². The molecule has 1 heterocycles. The van der Waals surface area contributed by atoms with Gasteiger partial charge in [0.05, 0.1) is 13.0 Å². The van der Waals surface area contributed by atoms with Crippen molar-refractivity contribution in [1.29, 1.82) is 0 Å². The summed E-state index contributed by atoms with van der Waals surface area (Å²) < 4.78 is 28.1. The lowest BCUT2D eigenvalue weighted by Crippen LogP contribution is -2.61. The highest BCUT2D eigenvalue weighted by atomic mass is 16.7. The zero-order chi connectivity index (χ0) is 60.3. The van der Waals surface area contributed by atoms with Crippen molar-refractivity contribution in [1.82, 2.24) is 0 Å². The molecular formula is C71H100O12. The van der Waals surface area contributed by atoms with Crippen LogP contribution in [0, 0.1) is 0 Å². The molecule has 12 nitrogen and oxygen atoms in total. The highest BCUT2D eigenvalue weighted by Gasteiger charge is 2.50. The van der Waals surface area contributed by atoms with Gasteiger partial charge in [-0.15, -0.1) is 0 Å². The van der Waals surface area contributed by atoms with Crippen LogP contribution in [0.5, 0.6) is 0 Å². The second kappa shape index (κ2) is 55.8. The molecule has 0 bridgehead atoms. The number of carbonyl (C=O) groups is 4. The minimum Gasteiger partial charge on any atom is -0.479 e. The van der Waals surface area contributed by atoms with Gasteiger partial charge in [0.25, 0.3) is 0 Å². The van der Waals surface area contributed by atoms with Gasteiger partial charge in [-0.05, 0) is 122 Å². The van der Waals surface area contributed by atoms with E-state index in [1.165, 1.54) is 0 Å². The zero-order valence-electron chi connectivity index (χ0n) is 50.1. The van der Waals surface area contributed by atoms with Gasteiger partial charge < -0.3 is 39.0 Å². The number of hydrogen-bond acceptors (Lipinski definition) is 11. The van der Waals surface area contributed by atoms with Crippen LogP contribution in [-0.2, 0) is 42.9 Å². The normalized spacial score (nSPS) is 19.1. The van der Waals surface area contributed by atoms with Crippen LogP contribution in [0.15, 0.2) is 207 Å². The molecule has 1 aliphatic rings. The third-order valence-corrected chi connectivity index (χ3v) is 11.9. The molecular weight excluding hydrogens is 1040 g/mol. The number of aliphatic carboxylic acids is 1. The number of aliphatic hydroxyl groups excluding tert-OH is 2. The Hall–Kier alpha value is -6.70. The van der Waals surface area contributed by atoms with Crippen molar-refractivity contribution < 1.29 is 58.2 Å². The molecule has 1 saturated heterocycles. The fraction of sp³-hybridized carbons (Fsp3) is 0.465. The summed E-state index contributed by atoms with van der Waals surface area (Å²) in [6.45, 7) is 5.44. The highest BCUT2D eigenvalue weighted by Crippen LogP contribution is 2.26. The summed E-state index contributed by atoms with van der Waals surface area (Å²) in [5.74, 6) is -3.56. The van der Waals surface area contributed by atoms with Crippen LogP contribution < -0.4 is 0 Å². The second-order valence-corrected chi connectivity index (χ2v) is 19.1. The van der Waals surface area contributed by atoms with Gasteiger partial charge in [-0.2, -0.15) is 0 Å². The number of ether oxygens (including phenoxy) is 5. The molecule has 1 fully saturated rings. The first-order chi connectivity index (χ1) is 40.6. The number of carboxylic acid groups (broad SMARTS) is 1. The van der Waals surface area contributed by atoms with Crippen molar-refractivity contribution in [2.24, 2.45) is 0 Å². The number of esters is 3. The minimum atomic E-state index is -1.97. The first-order valence-electron chi connectivity index (χ1n) is 30.1. The average Bonchev–Trinajstić information content (AvgIpc) is 3.57. The number of carboxylic acids is 1. The smallest absolute Gasteiger partial charge is 0.335 e. The van der Waals surface area contributed by atoms with Gasteiger partial charge in [0, 0.05) is 12.8 Å². The fourth-order valence-electron chi connectivity index (χ4n) is 7.43. The Morgan fingerprint density at radius 1 is 0.398 bits per heavy atom. The summed E-state index contributed by atoms with van der Waals surface area (Å²) >= 11 is 0. The van der Waals surface area contributed by atoms with Crippen molar-refractivity contribution in [3.63, 3.8) is 0 Å². The van der Waals surface area contributed by atoms with Crippen molar-refractivity contribution >= 4 is 23.9 Å². The van der Waals surface area contributed by atoms with Gasteiger partial charge in [0.15, 0.2) is 24.6 Å². The maximum Gasteiger partial charge on any atom is 0.335 e. The van der Waals surface area contributed by atoms with Crippen LogP contribution in [0.25, 0.3) is 0 Å². The molecule has 6 unspecified atom stereocenters. The Morgan fingerprint density at radius 3 is 1.05 bits per heavy atom. The summed E-state index contributed by atoms with van der Waals surface area (Å²) in [5, 5.41) is 31.5. The van der Waals surface area contributed by atoms with Gasteiger partial charge in [-0.25, -0.2) is 4.79 Å². The van der Waals surface area contributed by atoms with Crippen LogP contribution in [0.4, 0.5) is 0 Å². The Bertz CT molecular complexity index is 2240. The summed E-state index contributed by atoms with van der Waals surface area (Å²) in [5.41, 5.74) is 0. The molecule has 0 aromatic heterocycles. The fourth-order valence-corrected chi connectivity index (χ4v) is 7.43. The van der Waals surface area contributed by atoms with E-state index < -0.39 is 73.9 Å². The molecule has 0 radical (unpaired) electrons. The van der Waals surface area contributed by atoms with E-state index >= 15 is 0 Å². The topological polar surface area (TPSA) is 175 Å². The zero-order valence-corrected chi connectivity index (χ0v) is 50.1. The third-order valence-electron chi connectivity index (χ3n) is 11.9. The first kappa shape index (κ1) is 74.3. The average molecular weight is 1150 g/mol. The molecule has 0 amide bonds. The maximum absolute atomic E-state index is 13.1. The Balaban J connectivity index is 2.84. The third kappa shape index (κ3) is 45.5. The quantitative estimate of drug-likeness (QED) is 0.0299. The van der Waals surface area contributed by atoms with Crippen LogP contribution in [0.3, 0.4) is 0 Å². The van der Waals surface area contributed by atoms with E-state index in [0.717, 1.165) is 89.9 Å². The molecule has 0 aromatic rings. The number of allylic oxidation sites excluding steroid dienone is 33. The number of rotatable bonds is 47. The molecule has 6 atom stereocenters. The summed E-state index contributed by atoms with van der Waals surface area (Å²) in [6.07, 6.45) is 75.6. The van der Waals surface area contributed by atoms with Crippen molar-refractivity contribution in [3.8, 4) is 0 Å². The van der Waals surface area contributed by atoms with Crippen LogP contribution in [-0.4, -0.2) is 89.2 Å². The van der Waals surface area contributed by atoms with Crippen molar-refractivity contribution in [2.45, 2.75) is 199 Å². The lowest BCUT2D eigenvalue weighted by Gasteiger charge is -2.40. The van der Waals surface area contributed by atoms with Crippen molar-refractivity contribution in [3.05, 3.63) is 207 Å². The Morgan fingerprint density at radius 2 is 0.711 bits per heavy atom. The summed E-state index contributed by atoms with van der Waals surface area (Å²) in [4.78, 5) is 51.1. The molecule has 0 spiro atoms. The first-order valence-corrected chi connectivity index (χ1v) is 30.1. The molecule has 83 heavy (non-hydrogen) atoms. The predicted molar refractivity (Wildman–Crippen MR) is 339 cm³/mol. The molecule has 0 aliphatic carbocycles. The molecule has 1 aliphatic heterocycles. The van der Waals surface area contributed by atoms with Gasteiger partial charge in [0.1, 0.15) is 18.8 Å². The maximum atomic E-state index is 13.1. The lowest BCUT2D eigenvalue weighted by molar-refractivity contribution is -0.301. The second-order valence-electron chi connectivity index (χ2n) is 19.1. The van der Waals surface area contributed by atoms with Gasteiger partial charge in [-0.3, -0.25) is 14.4 Å². The van der Waals surface area contributed by atoms with E-state index in [9.17, 15) is 34.5 Å². The van der Waals surface area contributed by atoms with E-state index in [4.69, 9.17) is 23.7 Å². The van der Waals surface area contributed by atoms with E-state index in [1.807, 2.05) is 48.6 Å². The van der Waals surface area contributed by atoms with Crippen LogP contribution in [0.1, 0.15) is 162 Å². The number of aliphatic hydroxyl groups is 2. The molecule has 1 rings (SSSR count). The minimum absolute atomic E-state index is 0.0520. The lowest BCUT2D eigenvalue weighted by atomic mass is 9.98. The molecule has 0 aromatic carbocycles. The van der Waals surface area contributed by atoms with E-state index in [2.05, 4.69) is 173 Å². The van der Waals surface area contributed by atoms with Crippen LogP contribution in [0.2, 0.25) is 0 Å². The largest absolute Gasteiger partial charge is 0.479 e. The Labute approximate surface area is 498 Å². The molecule has 12 heteroatoms. The monoisotopic (exact) mass is 1140 g/mol. The number of carbonyl (C=O) groups excluding carboxylic acids is 3. The molecule has 456 valence electrons. The SMILES string of the molecule is CC/C=C\C/C=C\C/C=C\C/C=C\C/C=C\C/C=C\CCC(=O)OCC(COC1OC(C(=O)O)C(O)C(O)C1OC(=O)CC/C=C\C/C=C\C/C=C\C/C=C\C/C=C\C/C=C\CC)OC(=O)C/C=C\C/C=C\C/C=C\C/C=C\C/C=C\CC. The van der Waals surface area contributed by atoms with E-state index in [1.54, 1.807) is 6.08 Å². The summed E-state index contributed by atoms with van der Waals surface area (Å²) in [7, 11) is 0. The number of hydrogen-bond donors (Lipinski definition) is 3. The summed E-state index contributed by atoms with van der Waals surface area (Å²) in [6, 6.07) is 0.